The highest BCUT2D eigenvalue weighted by molar-refractivity contribution is 5.89. The second-order valence-electron chi connectivity index (χ2n) is 3.55. The number of aromatic amines is 1. The van der Waals surface area contributed by atoms with Crippen molar-refractivity contribution in [1.82, 2.24) is 10.2 Å². The Hall–Kier alpha value is -1.46. The summed E-state index contributed by atoms with van der Waals surface area (Å²) in [6.07, 6.45) is -0.432. The summed E-state index contributed by atoms with van der Waals surface area (Å²) >= 11 is 0. The normalized spacial score (nSPS) is 18.3. The molecule has 0 radical (unpaired) electrons. The van der Waals surface area contributed by atoms with Gasteiger partial charge in [-0.05, 0) is 6.42 Å². The number of H-pyrrole nitrogens is 1. The van der Waals surface area contributed by atoms with E-state index in [2.05, 4.69) is 14.9 Å². The molecule has 1 N–H and O–H groups in total. The van der Waals surface area contributed by atoms with Gasteiger partial charge in [-0.1, -0.05) is 0 Å². The summed E-state index contributed by atoms with van der Waals surface area (Å²) in [6.45, 7) is 0. The number of carbonyl (C=O) groups is 1. The molecule has 0 unspecified atom stereocenters. The highest BCUT2D eigenvalue weighted by Crippen LogP contribution is 2.33. The van der Waals surface area contributed by atoms with E-state index < -0.39 is 18.3 Å². The molecule has 0 aliphatic heterocycles. The van der Waals surface area contributed by atoms with Crippen molar-refractivity contribution >= 4 is 5.97 Å². The van der Waals surface area contributed by atoms with Crippen LogP contribution in [0, 0.1) is 0 Å². The minimum Gasteiger partial charge on any atom is -0.464 e. The summed E-state index contributed by atoms with van der Waals surface area (Å²) in [5.74, 6) is -3.43. The molecule has 0 aromatic carbocycles. The second-order valence-corrected chi connectivity index (χ2v) is 3.55. The summed E-state index contributed by atoms with van der Waals surface area (Å²) in [6, 6.07) is 0. The molecule has 1 aromatic rings. The van der Waals surface area contributed by atoms with Gasteiger partial charge in [0, 0.05) is 24.1 Å². The second kappa shape index (κ2) is 3.29. The number of rotatable bonds is 1. The molecule has 6 heteroatoms. The lowest BCUT2D eigenvalue weighted by Crippen LogP contribution is -2.26. The maximum atomic E-state index is 13.1. The van der Waals surface area contributed by atoms with Crippen LogP contribution in [-0.4, -0.2) is 29.2 Å². The maximum absolute atomic E-state index is 13.1. The van der Waals surface area contributed by atoms with E-state index in [1.807, 2.05) is 0 Å². The number of methoxy groups -OCH3 is 1. The lowest BCUT2D eigenvalue weighted by atomic mass is 9.93. The van der Waals surface area contributed by atoms with E-state index in [9.17, 15) is 13.6 Å². The minimum atomic E-state index is -2.75. The monoisotopic (exact) mass is 216 g/mol. The zero-order valence-corrected chi connectivity index (χ0v) is 8.14. The van der Waals surface area contributed by atoms with Gasteiger partial charge in [0.05, 0.1) is 7.11 Å². The van der Waals surface area contributed by atoms with Crippen LogP contribution < -0.4 is 0 Å². The van der Waals surface area contributed by atoms with Crippen molar-refractivity contribution in [2.75, 3.05) is 7.11 Å². The first kappa shape index (κ1) is 10.1. The van der Waals surface area contributed by atoms with Crippen LogP contribution in [0.2, 0.25) is 0 Å². The predicted molar refractivity (Wildman–Crippen MR) is 46.9 cm³/mol. The molecule has 1 heterocycles. The Morgan fingerprint density at radius 1 is 1.60 bits per heavy atom. The minimum absolute atomic E-state index is 0.0214. The Bertz CT molecular complexity index is 401. The zero-order valence-electron chi connectivity index (χ0n) is 8.14. The van der Waals surface area contributed by atoms with Gasteiger partial charge in [-0.3, -0.25) is 5.10 Å². The van der Waals surface area contributed by atoms with Crippen LogP contribution in [-0.2, 0) is 17.6 Å². The average Bonchev–Trinajstić information content (AvgIpc) is 2.58. The van der Waals surface area contributed by atoms with Crippen molar-refractivity contribution in [3.63, 3.8) is 0 Å². The summed E-state index contributed by atoms with van der Waals surface area (Å²) in [7, 11) is 1.20. The Morgan fingerprint density at radius 2 is 2.33 bits per heavy atom. The summed E-state index contributed by atoms with van der Waals surface area (Å²) < 4.78 is 30.7. The number of aryl methyl sites for hydroxylation is 1. The summed E-state index contributed by atoms with van der Waals surface area (Å²) in [5, 5.41) is 6.30. The van der Waals surface area contributed by atoms with Crippen LogP contribution in [0.25, 0.3) is 0 Å². The third-order valence-corrected chi connectivity index (χ3v) is 2.51. The summed E-state index contributed by atoms with van der Waals surface area (Å²) in [5.41, 5.74) is 0.881. The van der Waals surface area contributed by atoms with Gasteiger partial charge in [0.2, 0.25) is 0 Å². The van der Waals surface area contributed by atoms with E-state index in [1.54, 1.807) is 0 Å². The number of aromatic nitrogens is 2. The van der Waals surface area contributed by atoms with Gasteiger partial charge in [-0.25, -0.2) is 13.6 Å². The molecule has 0 saturated heterocycles. The van der Waals surface area contributed by atoms with Crippen molar-refractivity contribution in [3.8, 4) is 0 Å². The fourth-order valence-corrected chi connectivity index (χ4v) is 1.72. The van der Waals surface area contributed by atoms with Gasteiger partial charge < -0.3 is 4.74 Å². The number of alkyl halides is 2. The standard InChI is InChI=1S/C9H10F2N2O2/c1-15-8(14)7-5-4-9(10,11)3-2-6(5)12-13-7/h2-4H2,1H3,(H,12,13). The SMILES string of the molecule is COC(=O)c1n[nH]c2c1CC(F)(F)CC2. The fraction of sp³-hybridized carbons (Fsp3) is 0.556. The van der Waals surface area contributed by atoms with Crippen molar-refractivity contribution in [2.24, 2.45) is 0 Å². The smallest absolute Gasteiger partial charge is 0.358 e. The van der Waals surface area contributed by atoms with Gasteiger partial charge in [0.15, 0.2) is 5.69 Å². The molecule has 0 fully saturated rings. The van der Waals surface area contributed by atoms with Crippen LogP contribution in [0.3, 0.4) is 0 Å². The molecule has 0 bridgehead atoms. The molecule has 0 spiro atoms. The van der Waals surface area contributed by atoms with Crippen LogP contribution in [0.15, 0.2) is 0 Å². The third-order valence-electron chi connectivity index (χ3n) is 2.51. The van der Waals surface area contributed by atoms with E-state index in [0.29, 0.717) is 5.69 Å². The number of carbonyl (C=O) groups excluding carboxylic acids is 1. The van der Waals surface area contributed by atoms with Crippen LogP contribution in [0.1, 0.15) is 28.2 Å². The molecule has 15 heavy (non-hydrogen) atoms. The molecule has 1 aromatic heterocycles. The van der Waals surface area contributed by atoms with Crippen LogP contribution in [0.5, 0.6) is 0 Å². The number of hydrogen-bond donors (Lipinski definition) is 1. The molecule has 1 aliphatic carbocycles. The van der Waals surface area contributed by atoms with Crippen molar-refractivity contribution in [1.29, 1.82) is 0 Å². The van der Waals surface area contributed by atoms with Crippen LogP contribution in [0.4, 0.5) is 8.78 Å². The molecular weight excluding hydrogens is 206 g/mol. The van der Waals surface area contributed by atoms with E-state index in [0.717, 1.165) is 0 Å². The number of esters is 1. The van der Waals surface area contributed by atoms with Gasteiger partial charge in [0.25, 0.3) is 5.92 Å². The molecule has 0 amide bonds. The first-order valence-corrected chi connectivity index (χ1v) is 4.56. The Kier molecular flexibility index (Phi) is 2.21. The molecule has 0 atom stereocenters. The molecular formula is C9H10F2N2O2. The third kappa shape index (κ3) is 1.71. The number of nitrogens with one attached hydrogen (secondary N) is 1. The topological polar surface area (TPSA) is 55.0 Å². The number of hydrogen-bond acceptors (Lipinski definition) is 3. The van der Waals surface area contributed by atoms with E-state index in [1.165, 1.54) is 7.11 Å². The lowest BCUT2D eigenvalue weighted by Gasteiger charge is -2.21. The highest BCUT2D eigenvalue weighted by atomic mass is 19.3. The van der Waals surface area contributed by atoms with E-state index in [-0.39, 0.29) is 24.1 Å². The van der Waals surface area contributed by atoms with Crippen LogP contribution >= 0.6 is 0 Å². The van der Waals surface area contributed by atoms with Gasteiger partial charge in [0.1, 0.15) is 0 Å². The largest absolute Gasteiger partial charge is 0.464 e. The quantitative estimate of drug-likeness (QED) is 0.720. The Balaban J connectivity index is 2.38. The highest BCUT2D eigenvalue weighted by Gasteiger charge is 2.38. The van der Waals surface area contributed by atoms with Gasteiger partial charge >= 0.3 is 5.97 Å². The van der Waals surface area contributed by atoms with E-state index in [4.69, 9.17) is 0 Å². The number of nitrogens with zero attached hydrogens (tertiary/aromatic N) is 1. The van der Waals surface area contributed by atoms with Gasteiger partial charge in [-0.15, -0.1) is 0 Å². The Morgan fingerprint density at radius 3 is 3.00 bits per heavy atom. The predicted octanol–water partition coefficient (Wildman–Crippen LogP) is 1.32. The fourth-order valence-electron chi connectivity index (χ4n) is 1.72. The number of ether oxygens (including phenoxy) is 1. The van der Waals surface area contributed by atoms with Crippen molar-refractivity contribution in [3.05, 3.63) is 17.0 Å². The Labute approximate surface area is 84.6 Å². The number of halogens is 2. The first-order valence-electron chi connectivity index (χ1n) is 4.56. The molecule has 1 aliphatic rings. The lowest BCUT2D eigenvalue weighted by molar-refractivity contribution is -0.0126. The molecule has 82 valence electrons. The van der Waals surface area contributed by atoms with Crippen molar-refractivity contribution < 1.29 is 18.3 Å². The van der Waals surface area contributed by atoms with Gasteiger partial charge in [-0.2, -0.15) is 5.10 Å². The zero-order chi connectivity index (χ0) is 11.1. The summed E-state index contributed by atoms with van der Waals surface area (Å²) in [4.78, 5) is 11.2. The average molecular weight is 216 g/mol. The first-order chi connectivity index (χ1) is 7.03. The molecule has 0 saturated carbocycles. The number of fused-ring (bicyclic) bond motifs is 1. The molecule has 4 nitrogen and oxygen atoms in total. The van der Waals surface area contributed by atoms with Crippen molar-refractivity contribution in [2.45, 2.75) is 25.2 Å². The maximum Gasteiger partial charge on any atom is 0.358 e. The molecule has 2 rings (SSSR count). The van der Waals surface area contributed by atoms with E-state index >= 15 is 0 Å².